The van der Waals surface area contributed by atoms with E-state index in [9.17, 15) is 20.4 Å². The summed E-state index contributed by atoms with van der Waals surface area (Å²) in [7, 11) is 0. The van der Waals surface area contributed by atoms with E-state index < -0.39 is 18.6 Å². The fraction of sp³-hybridized carbons (Fsp3) is 0.583. The number of aliphatic hydroxyl groups excluding tert-OH is 4. The molecule has 0 aliphatic heterocycles. The first-order valence-electron chi connectivity index (χ1n) is 10.7. The Morgan fingerprint density at radius 2 is 1.43 bits per heavy atom. The minimum absolute atomic E-state index is 0.179. The van der Waals surface area contributed by atoms with E-state index in [2.05, 4.69) is 13.8 Å². The Hall–Kier alpha value is -1.78. The Bertz CT molecular complexity index is 598. The van der Waals surface area contributed by atoms with Gasteiger partial charge < -0.3 is 20.4 Å². The molecule has 0 atom stereocenters. The largest absolute Gasteiger partial charge is 0.511 e. The molecule has 0 aromatic heterocycles. The second-order valence-electron chi connectivity index (χ2n) is 7.57. The van der Waals surface area contributed by atoms with E-state index in [0.29, 0.717) is 6.42 Å². The highest BCUT2D eigenvalue weighted by Crippen LogP contribution is 2.34. The van der Waals surface area contributed by atoms with Crippen LogP contribution < -0.4 is 0 Å². The Kier molecular flexibility index (Phi) is 11.6. The maximum Gasteiger partial charge on any atom is 0.130 e. The van der Waals surface area contributed by atoms with Crippen LogP contribution in [-0.2, 0) is 6.42 Å². The van der Waals surface area contributed by atoms with E-state index >= 15 is 0 Å². The van der Waals surface area contributed by atoms with Crippen LogP contribution in [-0.4, -0.2) is 33.6 Å². The van der Waals surface area contributed by atoms with E-state index in [1.165, 1.54) is 24.5 Å². The quantitative estimate of drug-likeness (QED) is 0.242. The van der Waals surface area contributed by atoms with E-state index in [1.54, 1.807) is 6.08 Å². The molecule has 0 aliphatic rings. The lowest BCUT2D eigenvalue weighted by molar-refractivity contribution is 0.0466. The van der Waals surface area contributed by atoms with Crippen LogP contribution in [0.5, 0.6) is 0 Å². The number of benzene rings is 1. The van der Waals surface area contributed by atoms with E-state index in [4.69, 9.17) is 0 Å². The second kappa shape index (κ2) is 13.4. The average Bonchev–Trinajstić information content (AvgIpc) is 2.71. The SMILES string of the molecule is CCCCCCCC=C(O)C(CO)(CO)C(O)=Cc1ccc(CCCC)cc1. The number of hydrogen-bond acceptors (Lipinski definition) is 4. The van der Waals surface area contributed by atoms with Crippen LogP contribution in [0.3, 0.4) is 0 Å². The second-order valence-corrected chi connectivity index (χ2v) is 7.57. The molecule has 0 amide bonds. The van der Waals surface area contributed by atoms with Crippen molar-refractivity contribution in [3.8, 4) is 0 Å². The molecule has 0 spiro atoms. The van der Waals surface area contributed by atoms with Gasteiger partial charge in [0.15, 0.2) is 0 Å². The van der Waals surface area contributed by atoms with Crippen molar-refractivity contribution in [1.29, 1.82) is 0 Å². The van der Waals surface area contributed by atoms with Gasteiger partial charge in [0.1, 0.15) is 16.9 Å². The van der Waals surface area contributed by atoms with Gasteiger partial charge in [-0.15, -0.1) is 0 Å². The average molecular weight is 391 g/mol. The van der Waals surface area contributed by atoms with Crippen molar-refractivity contribution in [3.05, 3.63) is 53.0 Å². The standard InChI is InChI=1S/C24H38O4/c1-3-5-7-8-9-10-12-22(27)24(18-25,19-26)23(28)17-21-15-13-20(14-16-21)11-6-4-2/h12-17,25-28H,3-11,18-19H2,1-2H3. The third-order valence-electron chi connectivity index (χ3n) is 5.27. The number of unbranched alkanes of at least 4 members (excludes halogenated alkanes) is 6. The topological polar surface area (TPSA) is 80.9 Å². The molecule has 0 aliphatic carbocycles. The van der Waals surface area contributed by atoms with Crippen LogP contribution in [0, 0.1) is 5.41 Å². The molecule has 4 N–H and O–H groups in total. The van der Waals surface area contributed by atoms with Crippen molar-refractivity contribution in [1.82, 2.24) is 0 Å². The minimum Gasteiger partial charge on any atom is -0.511 e. The molecular weight excluding hydrogens is 352 g/mol. The smallest absolute Gasteiger partial charge is 0.130 e. The van der Waals surface area contributed by atoms with Gasteiger partial charge in [-0.3, -0.25) is 0 Å². The highest BCUT2D eigenvalue weighted by Gasteiger charge is 2.38. The van der Waals surface area contributed by atoms with Crippen molar-refractivity contribution < 1.29 is 20.4 Å². The molecule has 4 nitrogen and oxygen atoms in total. The van der Waals surface area contributed by atoms with Gasteiger partial charge in [0, 0.05) is 0 Å². The summed E-state index contributed by atoms with van der Waals surface area (Å²) in [6.45, 7) is 3.18. The number of aliphatic hydroxyl groups is 4. The van der Waals surface area contributed by atoms with Gasteiger partial charge in [0.25, 0.3) is 0 Å². The summed E-state index contributed by atoms with van der Waals surface area (Å²) < 4.78 is 0. The lowest BCUT2D eigenvalue weighted by Crippen LogP contribution is -2.34. The highest BCUT2D eigenvalue weighted by atomic mass is 16.3. The Morgan fingerprint density at radius 3 is 2.00 bits per heavy atom. The highest BCUT2D eigenvalue weighted by molar-refractivity contribution is 5.54. The Labute approximate surface area is 170 Å². The van der Waals surface area contributed by atoms with Crippen LogP contribution in [0.2, 0.25) is 0 Å². The number of hydrogen-bond donors (Lipinski definition) is 4. The third-order valence-corrected chi connectivity index (χ3v) is 5.27. The Balaban J connectivity index is 2.87. The zero-order valence-corrected chi connectivity index (χ0v) is 17.5. The molecule has 0 saturated heterocycles. The Morgan fingerprint density at radius 1 is 0.821 bits per heavy atom. The molecule has 1 aromatic carbocycles. The van der Waals surface area contributed by atoms with E-state index in [0.717, 1.165) is 44.1 Å². The summed E-state index contributed by atoms with van der Waals surface area (Å²) in [5, 5.41) is 40.8. The molecule has 0 radical (unpaired) electrons. The third kappa shape index (κ3) is 7.33. The predicted molar refractivity (Wildman–Crippen MR) is 116 cm³/mol. The fourth-order valence-corrected chi connectivity index (χ4v) is 3.14. The van der Waals surface area contributed by atoms with Crippen LogP contribution >= 0.6 is 0 Å². The predicted octanol–water partition coefficient (Wildman–Crippen LogP) is 5.70. The van der Waals surface area contributed by atoms with Gasteiger partial charge in [-0.1, -0.05) is 70.2 Å². The molecular formula is C24H38O4. The van der Waals surface area contributed by atoms with Crippen LogP contribution in [0.25, 0.3) is 6.08 Å². The van der Waals surface area contributed by atoms with Crippen LogP contribution in [0.15, 0.2) is 41.9 Å². The molecule has 0 fully saturated rings. The van der Waals surface area contributed by atoms with Crippen molar-refractivity contribution >= 4 is 6.08 Å². The van der Waals surface area contributed by atoms with Gasteiger partial charge in [-0.05, 0) is 49.0 Å². The molecule has 0 bridgehead atoms. The molecule has 1 rings (SSSR count). The number of allylic oxidation sites excluding steroid dienone is 1. The zero-order chi connectivity index (χ0) is 20.8. The summed E-state index contributed by atoms with van der Waals surface area (Å²) in [5.74, 6) is -0.417. The van der Waals surface area contributed by atoms with Gasteiger partial charge >= 0.3 is 0 Å². The van der Waals surface area contributed by atoms with Gasteiger partial charge in [0.05, 0.1) is 13.2 Å². The molecule has 0 saturated carbocycles. The normalized spacial score (nSPS) is 13.1. The van der Waals surface area contributed by atoms with Crippen molar-refractivity contribution in [3.63, 3.8) is 0 Å². The molecule has 0 unspecified atom stereocenters. The maximum absolute atomic E-state index is 10.6. The van der Waals surface area contributed by atoms with Crippen molar-refractivity contribution in [2.45, 2.75) is 71.6 Å². The fourth-order valence-electron chi connectivity index (χ4n) is 3.14. The molecule has 28 heavy (non-hydrogen) atoms. The van der Waals surface area contributed by atoms with E-state index in [-0.39, 0.29) is 11.5 Å². The number of rotatable bonds is 14. The lowest BCUT2D eigenvalue weighted by Gasteiger charge is -2.28. The van der Waals surface area contributed by atoms with Gasteiger partial charge in [-0.2, -0.15) is 0 Å². The molecule has 158 valence electrons. The molecule has 1 aromatic rings. The summed E-state index contributed by atoms with van der Waals surface area (Å²) in [6.07, 6.45) is 12.6. The first-order valence-corrected chi connectivity index (χ1v) is 10.7. The van der Waals surface area contributed by atoms with Crippen molar-refractivity contribution in [2.75, 3.05) is 13.2 Å². The molecule has 0 heterocycles. The number of aryl methyl sites for hydroxylation is 1. The summed E-state index contributed by atoms with van der Waals surface area (Å²) in [5.41, 5.74) is 0.431. The first-order chi connectivity index (χ1) is 13.5. The summed E-state index contributed by atoms with van der Waals surface area (Å²) in [4.78, 5) is 0. The monoisotopic (exact) mass is 390 g/mol. The maximum atomic E-state index is 10.6. The minimum atomic E-state index is -1.57. The van der Waals surface area contributed by atoms with Crippen LogP contribution in [0.4, 0.5) is 0 Å². The summed E-state index contributed by atoms with van der Waals surface area (Å²) in [6, 6.07) is 7.82. The van der Waals surface area contributed by atoms with E-state index in [1.807, 2.05) is 24.3 Å². The lowest BCUT2D eigenvalue weighted by atomic mass is 9.83. The van der Waals surface area contributed by atoms with Gasteiger partial charge in [0.2, 0.25) is 0 Å². The summed E-state index contributed by atoms with van der Waals surface area (Å²) >= 11 is 0. The first kappa shape index (κ1) is 24.3. The van der Waals surface area contributed by atoms with Crippen molar-refractivity contribution in [2.24, 2.45) is 5.41 Å². The molecule has 4 heteroatoms. The van der Waals surface area contributed by atoms with Gasteiger partial charge in [-0.25, -0.2) is 0 Å². The van der Waals surface area contributed by atoms with Crippen LogP contribution in [0.1, 0.15) is 76.3 Å². The zero-order valence-electron chi connectivity index (χ0n) is 17.5.